The van der Waals surface area contributed by atoms with Gasteiger partial charge in [-0.05, 0) is 65.0 Å². The van der Waals surface area contributed by atoms with Gasteiger partial charge in [0, 0.05) is 45.3 Å². The minimum Gasteiger partial charge on any atom is -0.356 e. The van der Waals surface area contributed by atoms with Gasteiger partial charge in [-0.3, -0.25) is 9.89 Å². The molecule has 0 aromatic heterocycles. The first-order valence-corrected chi connectivity index (χ1v) is 10.6. The molecule has 2 heterocycles. The van der Waals surface area contributed by atoms with Gasteiger partial charge in [0.05, 0.1) is 0 Å². The maximum absolute atomic E-state index is 4.41. The van der Waals surface area contributed by atoms with Gasteiger partial charge in [-0.1, -0.05) is 13.3 Å². The Morgan fingerprint density at radius 2 is 1.96 bits per heavy atom. The molecule has 2 aliphatic heterocycles. The standard InChI is InChI=1S/C20H41N5/c1-5-19-10-6-7-12-24(19)14-11-22-20(21-4)23-15-18-9-8-13-25(16-18)17(2)3/h17-19H,5-16H2,1-4H3,(H2,21,22,23). The third-order valence-electron chi connectivity index (χ3n) is 5.97. The number of guanidine groups is 1. The first-order chi connectivity index (χ1) is 12.1. The second-order valence-electron chi connectivity index (χ2n) is 8.07. The van der Waals surface area contributed by atoms with Gasteiger partial charge in [0.15, 0.2) is 5.96 Å². The van der Waals surface area contributed by atoms with Crippen molar-refractivity contribution in [3.8, 4) is 0 Å². The van der Waals surface area contributed by atoms with Crippen molar-refractivity contribution >= 4 is 5.96 Å². The van der Waals surface area contributed by atoms with Crippen LogP contribution in [0.4, 0.5) is 0 Å². The lowest BCUT2D eigenvalue weighted by Gasteiger charge is -2.36. The second kappa shape index (κ2) is 11.0. The fourth-order valence-corrected chi connectivity index (χ4v) is 4.33. The molecule has 25 heavy (non-hydrogen) atoms. The summed E-state index contributed by atoms with van der Waals surface area (Å²) in [7, 11) is 1.88. The van der Waals surface area contributed by atoms with E-state index in [1.54, 1.807) is 0 Å². The first kappa shape index (κ1) is 20.5. The maximum atomic E-state index is 4.41. The maximum Gasteiger partial charge on any atom is 0.191 e. The van der Waals surface area contributed by atoms with Crippen LogP contribution in [0.2, 0.25) is 0 Å². The quantitative estimate of drug-likeness (QED) is 0.546. The number of rotatable bonds is 7. The number of nitrogens with one attached hydrogen (secondary N) is 2. The second-order valence-corrected chi connectivity index (χ2v) is 8.07. The van der Waals surface area contributed by atoms with E-state index in [0.29, 0.717) is 6.04 Å². The summed E-state index contributed by atoms with van der Waals surface area (Å²) in [6, 6.07) is 1.45. The summed E-state index contributed by atoms with van der Waals surface area (Å²) >= 11 is 0. The molecule has 5 nitrogen and oxygen atoms in total. The van der Waals surface area contributed by atoms with Gasteiger partial charge in [-0.2, -0.15) is 0 Å². The summed E-state index contributed by atoms with van der Waals surface area (Å²) in [6.45, 7) is 13.8. The topological polar surface area (TPSA) is 42.9 Å². The molecule has 2 rings (SSSR count). The number of likely N-dealkylation sites (tertiary alicyclic amines) is 2. The Morgan fingerprint density at radius 1 is 1.12 bits per heavy atom. The van der Waals surface area contributed by atoms with Gasteiger partial charge in [-0.25, -0.2) is 0 Å². The molecular formula is C20H41N5. The number of hydrogen-bond acceptors (Lipinski definition) is 3. The molecule has 2 N–H and O–H groups in total. The molecule has 0 aliphatic carbocycles. The van der Waals surface area contributed by atoms with E-state index in [9.17, 15) is 0 Å². The summed E-state index contributed by atoms with van der Waals surface area (Å²) in [5, 5.41) is 7.07. The van der Waals surface area contributed by atoms with E-state index >= 15 is 0 Å². The summed E-state index contributed by atoms with van der Waals surface area (Å²) in [5.74, 6) is 1.70. The smallest absolute Gasteiger partial charge is 0.191 e. The van der Waals surface area contributed by atoms with E-state index in [1.165, 1.54) is 58.2 Å². The van der Waals surface area contributed by atoms with Crippen molar-refractivity contribution < 1.29 is 0 Å². The largest absolute Gasteiger partial charge is 0.356 e. The molecule has 5 heteroatoms. The summed E-state index contributed by atoms with van der Waals surface area (Å²) in [4.78, 5) is 9.67. The number of hydrogen-bond donors (Lipinski definition) is 2. The predicted octanol–water partition coefficient (Wildman–Crippen LogP) is 2.54. The number of piperidine rings is 2. The Kier molecular flexibility index (Phi) is 9.04. The highest BCUT2D eigenvalue weighted by atomic mass is 15.2. The number of aliphatic imine (C=N–C) groups is 1. The summed E-state index contributed by atoms with van der Waals surface area (Å²) < 4.78 is 0. The Morgan fingerprint density at radius 3 is 2.68 bits per heavy atom. The SMILES string of the molecule is CCC1CCCCN1CCNC(=NC)NCC1CCCN(C(C)C)C1. The van der Waals surface area contributed by atoms with Crippen LogP contribution >= 0.6 is 0 Å². The van der Waals surface area contributed by atoms with Crippen molar-refractivity contribution in [1.82, 2.24) is 20.4 Å². The van der Waals surface area contributed by atoms with Gasteiger partial charge in [0.1, 0.15) is 0 Å². The van der Waals surface area contributed by atoms with Crippen molar-refractivity contribution in [3.63, 3.8) is 0 Å². The molecule has 146 valence electrons. The van der Waals surface area contributed by atoms with Crippen molar-refractivity contribution in [2.24, 2.45) is 10.9 Å². The minimum atomic E-state index is 0.663. The third-order valence-corrected chi connectivity index (χ3v) is 5.97. The predicted molar refractivity (Wildman–Crippen MR) is 108 cm³/mol. The zero-order chi connectivity index (χ0) is 18.1. The van der Waals surface area contributed by atoms with Crippen LogP contribution in [0.5, 0.6) is 0 Å². The van der Waals surface area contributed by atoms with Crippen LogP contribution in [-0.4, -0.2) is 74.2 Å². The van der Waals surface area contributed by atoms with E-state index in [2.05, 4.69) is 46.2 Å². The highest BCUT2D eigenvalue weighted by Gasteiger charge is 2.22. The van der Waals surface area contributed by atoms with Crippen LogP contribution in [0.15, 0.2) is 4.99 Å². The van der Waals surface area contributed by atoms with E-state index < -0.39 is 0 Å². The van der Waals surface area contributed by atoms with Crippen LogP contribution < -0.4 is 10.6 Å². The molecule has 0 aromatic rings. The highest BCUT2D eigenvalue weighted by Crippen LogP contribution is 2.19. The molecule has 2 saturated heterocycles. The van der Waals surface area contributed by atoms with Crippen LogP contribution in [0.1, 0.15) is 59.3 Å². The molecule has 0 bridgehead atoms. The van der Waals surface area contributed by atoms with Gasteiger partial charge in [-0.15, -0.1) is 0 Å². The van der Waals surface area contributed by atoms with Crippen molar-refractivity contribution in [2.45, 2.75) is 71.4 Å². The lowest BCUT2D eigenvalue weighted by molar-refractivity contribution is 0.140. The van der Waals surface area contributed by atoms with Crippen molar-refractivity contribution in [2.75, 3.05) is 46.3 Å². The first-order valence-electron chi connectivity index (χ1n) is 10.6. The minimum absolute atomic E-state index is 0.663. The van der Waals surface area contributed by atoms with Gasteiger partial charge >= 0.3 is 0 Å². The fraction of sp³-hybridized carbons (Fsp3) is 0.950. The molecule has 0 saturated carbocycles. The molecule has 2 fully saturated rings. The average Bonchev–Trinajstić information content (AvgIpc) is 2.65. The third kappa shape index (κ3) is 6.78. The van der Waals surface area contributed by atoms with Crippen LogP contribution in [0.25, 0.3) is 0 Å². The zero-order valence-electron chi connectivity index (χ0n) is 17.1. The Bertz CT molecular complexity index is 396. The molecule has 0 aromatic carbocycles. The fourth-order valence-electron chi connectivity index (χ4n) is 4.33. The van der Waals surface area contributed by atoms with E-state index in [4.69, 9.17) is 0 Å². The van der Waals surface area contributed by atoms with Gasteiger partial charge < -0.3 is 15.5 Å². The van der Waals surface area contributed by atoms with E-state index in [0.717, 1.165) is 37.6 Å². The van der Waals surface area contributed by atoms with Crippen LogP contribution in [0.3, 0.4) is 0 Å². The lowest BCUT2D eigenvalue weighted by atomic mass is 9.97. The van der Waals surface area contributed by atoms with Crippen LogP contribution in [0, 0.1) is 5.92 Å². The molecule has 2 aliphatic rings. The highest BCUT2D eigenvalue weighted by molar-refractivity contribution is 5.79. The molecule has 2 atom stereocenters. The van der Waals surface area contributed by atoms with Crippen molar-refractivity contribution in [1.29, 1.82) is 0 Å². The molecule has 0 radical (unpaired) electrons. The molecule has 2 unspecified atom stereocenters. The molecular weight excluding hydrogens is 310 g/mol. The zero-order valence-corrected chi connectivity index (χ0v) is 17.1. The molecule has 0 spiro atoms. The van der Waals surface area contributed by atoms with E-state index in [1.807, 2.05) is 7.05 Å². The lowest BCUT2D eigenvalue weighted by Crippen LogP contribution is -2.48. The molecule has 0 amide bonds. The summed E-state index contributed by atoms with van der Waals surface area (Å²) in [5.41, 5.74) is 0. The average molecular weight is 352 g/mol. The van der Waals surface area contributed by atoms with Crippen LogP contribution in [-0.2, 0) is 0 Å². The normalized spacial score (nSPS) is 26.8. The van der Waals surface area contributed by atoms with Crippen molar-refractivity contribution in [3.05, 3.63) is 0 Å². The monoisotopic (exact) mass is 351 g/mol. The van der Waals surface area contributed by atoms with Gasteiger partial charge in [0.2, 0.25) is 0 Å². The Labute approximate surface area is 155 Å². The van der Waals surface area contributed by atoms with Gasteiger partial charge in [0.25, 0.3) is 0 Å². The Balaban J connectivity index is 1.66. The number of nitrogens with zero attached hydrogens (tertiary/aromatic N) is 3. The Hall–Kier alpha value is -0.810. The van der Waals surface area contributed by atoms with E-state index in [-0.39, 0.29) is 0 Å². The summed E-state index contributed by atoms with van der Waals surface area (Å²) in [6.07, 6.45) is 8.07.